The molecular weight excluding hydrogens is 276 g/mol. The molecule has 1 aliphatic heterocycles. The standard InChI is InChI=1S/C14H22N2O3S/c1-19-13-5-7-14(8-6-13)20(17,18)15-9-4-12-16-10-2-3-11-16/h5-8,15H,2-4,9-12H2,1H3/p+1. The van der Waals surface area contributed by atoms with Gasteiger partial charge in [-0.25, -0.2) is 13.1 Å². The van der Waals surface area contributed by atoms with Crippen LogP contribution in [0.2, 0.25) is 0 Å². The van der Waals surface area contributed by atoms with Crippen LogP contribution in [0.3, 0.4) is 0 Å². The second kappa shape index (κ2) is 7.06. The molecule has 0 aliphatic carbocycles. The molecular formula is C14H23N2O3S+. The second-order valence-corrected chi connectivity index (χ2v) is 6.90. The van der Waals surface area contributed by atoms with Crippen molar-refractivity contribution in [1.29, 1.82) is 0 Å². The van der Waals surface area contributed by atoms with E-state index in [2.05, 4.69) is 4.72 Å². The van der Waals surface area contributed by atoms with Gasteiger partial charge in [0.1, 0.15) is 5.75 Å². The van der Waals surface area contributed by atoms with E-state index < -0.39 is 10.0 Å². The van der Waals surface area contributed by atoms with Crippen LogP contribution in [0.1, 0.15) is 19.3 Å². The van der Waals surface area contributed by atoms with Gasteiger partial charge in [0.15, 0.2) is 0 Å². The van der Waals surface area contributed by atoms with E-state index >= 15 is 0 Å². The van der Waals surface area contributed by atoms with Crippen LogP contribution in [-0.2, 0) is 10.0 Å². The zero-order chi connectivity index (χ0) is 14.4. The summed E-state index contributed by atoms with van der Waals surface area (Å²) in [7, 11) is -1.84. The molecule has 1 aliphatic rings. The molecule has 0 unspecified atom stereocenters. The Labute approximate surface area is 121 Å². The number of hydrogen-bond acceptors (Lipinski definition) is 3. The van der Waals surface area contributed by atoms with Gasteiger partial charge in [-0.1, -0.05) is 0 Å². The Balaban J connectivity index is 1.80. The van der Waals surface area contributed by atoms with Gasteiger partial charge in [-0.05, 0) is 24.3 Å². The van der Waals surface area contributed by atoms with Gasteiger partial charge >= 0.3 is 0 Å². The summed E-state index contributed by atoms with van der Waals surface area (Å²) >= 11 is 0. The number of sulfonamides is 1. The average molecular weight is 299 g/mol. The van der Waals surface area contributed by atoms with E-state index in [-0.39, 0.29) is 4.90 Å². The van der Waals surface area contributed by atoms with Crippen molar-refractivity contribution in [2.24, 2.45) is 0 Å². The Morgan fingerprint density at radius 3 is 2.45 bits per heavy atom. The van der Waals surface area contributed by atoms with Crippen molar-refractivity contribution in [2.45, 2.75) is 24.2 Å². The summed E-state index contributed by atoms with van der Waals surface area (Å²) in [5, 5.41) is 0. The normalized spacial score (nSPS) is 16.4. The molecule has 0 saturated carbocycles. The minimum absolute atomic E-state index is 0.284. The van der Waals surface area contributed by atoms with Gasteiger partial charge < -0.3 is 9.64 Å². The summed E-state index contributed by atoms with van der Waals surface area (Å²) in [5.41, 5.74) is 0. The quantitative estimate of drug-likeness (QED) is 0.699. The van der Waals surface area contributed by atoms with Gasteiger partial charge in [0.2, 0.25) is 10.0 Å². The predicted octanol–water partition coefficient (Wildman–Crippen LogP) is 0.0423. The molecule has 1 saturated heterocycles. The van der Waals surface area contributed by atoms with Gasteiger partial charge in [-0.15, -0.1) is 0 Å². The summed E-state index contributed by atoms with van der Waals surface area (Å²) < 4.78 is 31.8. The Kier molecular flexibility index (Phi) is 5.39. The number of benzene rings is 1. The molecule has 1 aromatic rings. The summed E-state index contributed by atoms with van der Waals surface area (Å²) in [4.78, 5) is 1.88. The molecule has 2 N–H and O–H groups in total. The Morgan fingerprint density at radius 2 is 1.85 bits per heavy atom. The van der Waals surface area contributed by atoms with Crippen molar-refractivity contribution in [3.63, 3.8) is 0 Å². The van der Waals surface area contributed by atoms with Crippen molar-refractivity contribution in [1.82, 2.24) is 4.72 Å². The van der Waals surface area contributed by atoms with Crippen molar-refractivity contribution < 1.29 is 18.1 Å². The molecule has 0 aromatic heterocycles. The highest BCUT2D eigenvalue weighted by atomic mass is 32.2. The lowest BCUT2D eigenvalue weighted by Crippen LogP contribution is -3.10. The van der Waals surface area contributed by atoms with Gasteiger partial charge in [0.05, 0.1) is 31.6 Å². The van der Waals surface area contributed by atoms with E-state index in [0.717, 1.165) is 13.0 Å². The lowest BCUT2D eigenvalue weighted by molar-refractivity contribution is -0.887. The summed E-state index contributed by atoms with van der Waals surface area (Å²) in [5.74, 6) is 0.654. The van der Waals surface area contributed by atoms with Gasteiger partial charge in [-0.2, -0.15) is 0 Å². The van der Waals surface area contributed by atoms with Crippen LogP contribution in [0, 0.1) is 0 Å². The highest BCUT2D eigenvalue weighted by Gasteiger charge is 2.16. The van der Waals surface area contributed by atoms with E-state index in [1.165, 1.54) is 25.9 Å². The van der Waals surface area contributed by atoms with E-state index in [9.17, 15) is 8.42 Å². The fourth-order valence-corrected chi connectivity index (χ4v) is 3.58. The molecule has 0 amide bonds. The number of quaternary nitrogens is 1. The van der Waals surface area contributed by atoms with E-state index in [1.807, 2.05) is 0 Å². The van der Waals surface area contributed by atoms with E-state index in [1.54, 1.807) is 36.3 Å². The highest BCUT2D eigenvalue weighted by Crippen LogP contribution is 2.15. The Hall–Kier alpha value is -1.11. The first-order valence-corrected chi connectivity index (χ1v) is 8.57. The van der Waals surface area contributed by atoms with Crippen molar-refractivity contribution >= 4 is 10.0 Å². The maximum Gasteiger partial charge on any atom is 0.240 e. The molecule has 1 fully saturated rings. The maximum absolute atomic E-state index is 12.1. The Bertz CT molecular complexity index is 508. The minimum atomic E-state index is -3.40. The molecule has 20 heavy (non-hydrogen) atoms. The summed E-state index contributed by atoms with van der Waals surface area (Å²) in [6.45, 7) is 4.00. The number of rotatable bonds is 7. The van der Waals surface area contributed by atoms with Gasteiger partial charge in [-0.3, -0.25) is 0 Å². The zero-order valence-corrected chi connectivity index (χ0v) is 12.7. The summed E-state index contributed by atoms with van der Waals surface area (Å²) in [6, 6.07) is 6.44. The monoisotopic (exact) mass is 299 g/mol. The molecule has 1 heterocycles. The van der Waals surface area contributed by atoms with Crippen molar-refractivity contribution in [3.05, 3.63) is 24.3 Å². The highest BCUT2D eigenvalue weighted by molar-refractivity contribution is 7.89. The first kappa shape index (κ1) is 15.3. The first-order chi connectivity index (χ1) is 9.62. The molecule has 0 atom stereocenters. The summed E-state index contributed by atoms with van der Waals surface area (Å²) in [6.07, 6.45) is 3.48. The third kappa shape index (κ3) is 4.19. The maximum atomic E-state index is 12.1. The largest absolute Gasteiger partial charge is 0.497 e. The third-order valence-corrected chi connectivity index (χ3v) is 5.16. The van der Waals surface area contributed by atoms with E-state index in [0.29, 0.717) is 12.3 Å². The molecule has 0 radical (unpaired) electrons. The van der Waals surface area contributed by atoms with Crippen LogP contribution in [0.5, 0.6) is 5.75 Å². The lowest BCUT2D eigenvalue weighted by Gasteiger charge is -2.12. The predicted molar refractivity (Wildman–Crippen MR) is 77.6 cm³/mol. The van der Waals surface area contributed by atoms with Crippen LogP contribution >= 0.6 is 0 Å². The van der Waals surface area contributed by atoms with Crippen LogP contribution in [0.15, 0.2) is 29.2 Å². The minimum Gasteiger partial charge on any atom is -0.497 e. The fraction of sp³-hybridized carbons (Fsp3) is 0.571. The molecule has 0 bridgehead atoms. The SMILES string of the molecule is COc1ccc(S(=O)(=O)NCCC[NH+]2CCCC2)cc1. The number of methoxy groups -OCH3 is 1. The molecule has 6 heteroatoms. The topological polar surface area (TPSA) is 59.8 Å². The zero-order valence-electron chi connectivity index (χ0n) is 11.9. The number of likely N-dealkylation sites (tertiary alicyclic amines) is 1. The molecule has 1 aromatic carbocycles. The second-order valence-electron chi connectivity index (χ2n) is 5.13. The smallest absolute Gasteiger partial charge is 0.240 e. The average Bonchev–Trinajstić information content (AvgIpc) is 2.97. The molecule has 112 valence electrons. The van der Waals surface area contributed by atoms with Crippen LogP contribution < -0.4 is 14.4 Å². The van der Waals surface area contributed by atoms with Gasteiger partial charge in [0.25, 0.3) is 0 Å². The molecule has 0 spiro atoms. The van der Waals surface area contributed by atoms with Crippen molar-refractivity contribution in [3.8, 4) is 5.75 Å². The third-order valence-electron chi connectivity index (χ3n) is 3.68. The lowest BCUT2D eigenvalue weighted by atomic mass is 10.3. The van der Waals surface area contributed by atoms with Crippen LogP contribution in [0.25, 0.3) is 0 Å². The van der Waals surface area contributed by atoms with E-state index in [4.69, 9.17) is 4.74 Å². The van der Waals surface area contributed by atoms with Crippen LogP contribution in [0.4, 0.5) is 0 Å². The number of ether oxygens (including phenoxy) is 1. The number of nitrogens with one attached hydrogen (secondary N) is 2. The van der Waals surface area contributed by atoms with Crippen LogP contribution in [-0.4, -0.2) is 41.7 Å². The Morgan fingerprint density at radius 1 is 1.20 bits per heavy atom. The molecule has 5 nitrogen and oxygen atoms in total. The fourth-order valence-electron chi connectivity index (χ4n) is 2.51. The number of hydrogen-bond donors (Lipinski definition) is 2. The van der Waals surface area contributed by atoms with Gasteiger partial charge in [0, 0.05) is 25.8 Å². The molecule has 2 rings (SSSR count). The van der Waals surface area contributed by atoms with Crippen molar-refractivity contribution in [2.75, 3.05) is 33.3 Å². The first-order valence-electron chi connectivity index (χ1n) is 7.09.